The normalized spacial score (nSPS) is 21.6. The fourth-order valence-corrected chi connectivity index (χ4v) is 3.84. The van der Waals surface area contributed by atoms with Gasteiger partial charge in [-0.05, 0) is 73.9 Å². The largest absolute Gasteiger partial charge is 0.497 e. The summed E-state index contributed by atoms with van der Waals surface area (Å²) in [6.45, 7) is 0.513. The molecule has 0 bridgehead atoms. The molecule has 0 heterocycles. The minimum absolute atomic E-state index is 0.0888. The van der Waals surface area contributed by atoms with E-state index in [0.29, 0.717) is 42.9 Å². The first-order chi connectivity index (χ1) is 13.9. The van der Waals surface area contributed by atoms with Crippen molar-refractivity contribution in [3.05, 3.63) is 59.4 Å². The molecule has 1 saturated carbocycles. The molecule has 0 saturated heterocycles. The second-order valence-corrected chi connectivity index (χ2v) is 7.67. The molecule has 2 N–H and O–H groups in total. The van der Waals surface area contributed by atoms with Crippen LogP contribution in [0.25, 0.3) is 0 Å². The Kier molecular flexibility index (Phi) is 6.75. The number of carboxylic acids is 1. The highest BCUT2D eigenvalue weighted by molar-refractivity contribution is 5.67. The summed E-state index contributed by atoms with van der Waals surface area (Å²) < 4.78 is 25.3. The number of hydrogen-bond acceptors (Lipinski definition) is 4. The summed E-state index contributed by atoms with van der Waals surface area (Å²) in [5, 5.41) is 19.8. The number of methoxy groups -OCH3 is 1. The Morgan fingerprint density at radius 1 is 1.17 bits per heavy atom. The van der Waals surface area contributed by atoms with E-state index in [1.807, 2.05) is 24.3 Å². The predicted molar refractivity (Wildman–Crippen MR) is 107 cm³/mol. The van der Waals surface area contributed by atoms with Crippen molar-refractivity contribution in [2.24, 2.45) is 5.92 Å². The third-order valence-corrected chi connectivity index (χ3v) is 5.62. The van der Waals surface area contributed by atoms with Gasteiger partial charge in [0.1, 0.15) is 17.3 Å². The lowest BCUT2D eigenvalue weighted by molar-refractivity contribution is -0.136. The maximum absolute atomic E-state index is 14.3. The molecule has 2 aromatic carbocycles. The molecular weight excluding hydrogens is 375 g/mol. The Bertz CT molecular complexity index is 843. The van der Waals surface area contributed by atoms with Crippen molar-refractivity contribution < 1.29 is 28.9 Å². The molecule has 1 fully saturated rings. The van der Waals surface area contributed by atoms with Crippen LogP contribution in [0.4, 0.5) is 4.39 Å². The van der Waals surface area contributed by atoms with Gasteiger partial charge < -0.3 is 19.7 Å². The molecule has 0 radical (unpaired) electrons. The maximum Gasteiger partial charge on any atom is 0.303 e. The molecule has 0 aromatic heterocycles. The average Bonchev–Trinajstić information content (AvgIpc) is 2.72. The molecule has 0 unspecified atom stereocenters. The molecule has 0 amide bonds. The van der Waals surface area contributed by atoms with E-state index in [1.165, 1.54) is 13.2 Å². The zero-order valence-electron chi connectivity index (χ0n) is 16.6. The first kappa shape index (κ1) is 21.1. The quantitative estimate of drug-likeness (QED) is 0.688. The first-order valence-electron chi connectivity index (χ1n) is 9.89. The number of benzene rings is 2. The molecule has 1 aliphatic rings. The molecule has 0 aliphatic heterocycles. The summed E-state index contributed by atoms with van der Waals surface area (Å²) in [7, 11) is 1.52. The van der Waals surface area contributed by atoms with Crippen LogP contribution in [-0.2, 0) is 16.8 Å². The second-order valence-electron chi connectivity index (χ2n) is 7.67. The van der Waals surface area contributed by atoms with Crippen LogP contribution >= 0.6 is 0 Å². The van der Waals surface area contributed by atoms with Gasteiger partial charge in [0.05, 0.1) is 19.3 Å². The predicted octanol–water partition coefficient (Wildman–Crippen LogP) is 4.31. The van der Waals surface area contributed by atoms with Gasteiger partial charge >= 0.3 is 5.97 Å². The van der Waals surface area contributed by atoms with E-state index < -0.39 is 17.4 Å². The minimum atomic E-state index is -1.19. The van der Waals surface area contributed by atoms with Gasteiger partial charge in [0.25, 0.3) is 0 Å². The standard InChI is InChI=1S/C23H27FO5/c1-28-18-6-7-21(24)20(14-18)23(27)11-9-17(10-12-23)15-29-19-4-2-3-16(13-19)5-8-22(25)26/h2-4,6-7,13-14,17,27H,5,8-12,15H2,1H3,(H,25,26). The molecule has 1 aliphatic carbocycles. The van der Waals surface area contributed by atoms with Crippen LogP contribution in [-0.4, -0.2) is 29.9 Å². The summed E-state index contributed by atoms with van der Waals surface area (Å²) in [4.78, 5) is 10.7. The van der Waals surface area contributed by atoms with Gasteiger partial charge in [-0.25, -0.2) is 4.39 Å². The number of aliphatic hydroxyl groups is 1. The molecule has 156 valence electrons. The summed E-state index contributed by atoms with van der Waals surface area (Å²) >= 11 is 0. The van der Waals surface area contributed by atoms with Crippen LogP contribution in [0.3, 0.4) is 0 Å². The fourth-order valence-electron chi connectivity index (χ4n) is 3.84. The summed E-state index contributed by atoms with van der Waals surface area (Å²) in [5.74, 6) is 0.280. The lowest BCUT2D eigenvalue weighted by Crippen LogP contribution is -2.34. The SMILES string of the molecule is COc1ccc(F)c(C2(O)CCC(COc3cccc(CCC(=O)O)c3)CC2)c1. The number of rotatable bonds is 8. The van der Waals surface area contributed by atoms with Crippen LogP contribution in [0.1, 0.15) is 43.2 Å². The maximum atomic E-state index is 14.3. The molecular formula is C23H27FO5. The first-order valence-corrected chi connectivity index (χ1v) is 9.89. The van der Waals surface area contributed by atoms with Gasteiger partial charge in [-0.15, -0.1) is 0 Å². The van der Waals surface area contributed by atoms with Crippen molar-refractivity contribution in [3.8, 4) is 11.5 Å². The van der Waals surface area contributed by atoms with Crippen LogP contribution in [0, 0.1) is 11.7 Å². The number of carbonyl (C=O) groups is 1. The highest BCUT2D eigenvalue weighted by Gasteiger charge is 2.37. The van der Waals surface area contributed by atoms with Gasteiger partial charge in [-0.2, -0.15) is 0 Å². The second kappa shape index (κ2) is 9.27. The Balaban J connectivity index is 1.55. The van der Waals surface area contributed by atoms with Crippen molar-refractivity contribution in [1.82, 2.24) is 0 Å². The van der Waals surface area contributed by atoms with Crippen LogP contribution in [0.15, 0.2) is 42.5 Å². The monoisotopic (exact) mass is 402 g/mol. The van der Waals surface area contributed by atoms with Gasteiger partial charge in [-0.1, -0.05) is 12.1 Å². The van der Waals surface area contributed by atoms with Crippen LogP contribution < -0.4 is 9.47 Å². The van der Waals surface area contributed by atoms with Crippen molar-refractivity contribution in [2.45, 2.75) is 44.1 Å². The average molecular weight is 402 g/mol. The van der Waals surface area contributed by atoms with E-state index in [-0.39, 0.29) is 12.3 Å². The van der Waals surface area contributed by atoms with Crippen molar-refractivity contribution in [2.75, 3.05) is 13.7 Å². The smallest absolute Gasteiger partial charge is 0.303 e. The highest BCUT2D eigenvalue weighted by atomic mass is 19.1. The molecule has 0 atom stereocenters. The molecule has 6 heteroatoms. The lowest BCUT2D eigenvalue weighted by Gasteiger charge is -2.36. The number of halogens is 1. The van der Waals surface area contributed by atoms with E-state index in [9.17, 15) is 14.3 Å². The molecule has 29 heavy (non-hydrogen) atoms. The van der Waals surface area contributed by atoms with E-state index >= 15 is 0 Å². The zero-order chi connectivity index (χ0) is 20.9. The third-order valence-electron chi connectivity index (χ3n) is 5.62. The van der Waals surface area contributed by atoms with Gasteiger partial charge in [-0.3, -0.25) is 4.79 Å². The number of aliphatic carboxylic acids is 1. The number of carboxylic acid groups (broad SMARTS) is 1. The summed E-state index contributed by atoms with van der Waals surface area (Å²) in [6, 6.07) is 11.9. The van der Waals surface area contributed by atoms with Crippen molar-refractivity contribution >= 4 is 5.97 Å². The van der Waals surface area contributed by atoms with Crippen LogP contribution in [0.2, 0.25) is 0 Å². The molecule has 0 spiro atoms. The van der Waals surface area contributed by atoms with Crippen molar-refractivity contribution in [1.29, 1.82) is 0 Å². The van der Waals surface area contributed by atoms with Gasteiger partial charge in [0.2, 0.25) is 0 Å². The van der Waals surface area contributed by atoms with Crippen molar-refractivity contribution in [3.63, 3.8) is 0 Å². The van der Waals surface area contributed by atoms with Gasteiger partial charge in [0.15, 0.2) is 0 Å². The number of hydrogen-bond donors (Lipinski definition) is 2. The minimum Gasteiger partial charge on any atom is -0.497 e. The Morgan fingerprint density at radius 3 is 2.62 bits per heavy atom. The fraction of sp³-hybridized carbons (Fsp3) is 0.435. The van der Waals surface area contributed by atoms with Gasteiger partial charge in [0, 0.05) is 12.0 Å². The van der Waals surface area contributed by atoms with E-state index in [0.717, 1.165) is 18.4 Å². The molecule has 5 nitrogen and oxygen atoms in total. The number of aryl methyl sites for hydroxylation is 1. The Morgan fingerprint density at radius 2 is 1.93 bits per heavy atom. The Labute approximate surface area is 170 Å². The number of ether oxygens (including phenoxy) is 2. The van der Waals surface area contributed by atoms with Crippen LogP contribution in [0.5, 0.6) is 11.5 Å². The third kappa shape index (κ3) is 5.48. The molecule has 2 aromatic rings. The van der Waals surface area contributed by atoms with E-state index in [4.69, 9.17) is 14.6 Å². The molecule has 3 rings (SSSR count). The Hall–Kier alpha value is -2.60. The highest BCUT2D eigenvalue weighted by Crippen LogP contribution is 2.41. The van der Waals surface area contributed by atoms with E-state index in [2.05, 4.69) is 0 Å². The lowest BCUT2D eigenvalue weighted by atomic mass is 9.75. The topological polar surface area (TPSA) is 76.0 Å². The zero-order valence-corrected chi connectivity index (χ0v) is 16.6. The summed E-state index contributed by atoms with van der Waals surface area (Å²) in [5.41, 5.74) is 0.0325. The van der Waals surface area contributed by atoms with E-state index in [1.54, 1.807) is 12.1 Å². The summed E-state index contributed by atoms with van der Waals surface area (Å²) in [6.07, 6.45) is 2.94.